The van der Waals surface area contributed by atoms with Gasteiger partial charge in [-0.1, -0.05) is 91.0 Å². The Labute approximate surface area is 176 Å². The summed E-state index contributed by atoms with van der Waals surface area (Å²) in [5.74, 6) is -2.54. The Balaban J connectivity index is 1.87. The second kappa shape index (κ2) is 9.88. The van der Waals surface area contributed by atoms with Crippen LogP contribution in [0.1, 0.15) is 35.4 Å². The normalized spacial score (nSPS) is 12.3. The molecular weight excluding hydrogens is 376 g/mol. The molecule has 4 nitrogen and oxygen atoms in total. The molecule has 0 radical (unpaired) electrons. The van der Waals surface area contributed by atoms with Gasteiger partial charge in [0.05, 0.1) is 0 Å². The highest BCUT2D eigenvalue weighted by molar-refractivity contribution is 5.98. The summed E-state index contributed by atoms with van der Waals surface area (Å²) in [7, 11) is 0. The predicted molar refractivity (Wildman–Crippen MR) is 116 cm³/mol. The minimum atomic E-state index is -1.86. The molecule has 0 aliphatic rings. The molecule has 2 N–H and O–H groups in total. The maximum absolute atomic E-state index is 12.2. The Morgan fingerprint density at radius 3 is 1.67 bits per heavy atom. The fourth-order valence-electron chi connectivity index (χ4n) is 3.92. The number of carboxylic acid groups (broad SMARTS) is 2. The summed E-state index contributed by atoms with van der Waals surface area (Å²) in [6.07, 6.45) is 1.21. The van der Waals surface area contributed by atoms with Gasteiger partial charge in [-0.15, -0.1) is 0 Å². The minimum Gasteiger partial charge on any atom is -0.480 e. The maximum atomic E-state index is 12.2. The van der Waals surface area contributed by atoms with Gasteiger partial charge < -0.3 is 10.2 Å². The Kier molecular flexibility index (Phi) is 7.02. The second-order valence-corrected chi connectivity index (χ2v) is 7.69. The zero-order valence-electron chi connectivity index (χ0n) is 16.8. The molecule has 1 unspecified atom stereocenters. The molecule has 3 aromatic rings. The molecule has 0 heterocycles. The lowest BCUT2D eigenvalue weighted by Crippen LogP contribution is -2.41. The molecule has 0 bridgehead atoms. The summed E-state index contributed by atoms with van der Waals surface area (Å²) in [5.41, 5.74) is 1.09. The van der Waals surface area contributed by atoms with E-state index in [1.54, 1.807) is 24.3 Å². The Morgan fingerprint density at radius 2 is 1.17 bits per heavy atom. The highest BCUT2D eigenvalue weighted by atomic mass is 16.4. The Morgan fingerprint density at radius 1 is 0.700 bits per heavy atom. The number of hydrogen-bond donors (Lipinski definition) is 2. The summed E-state index contributed by atoms with van der Waals surface area (Å²) in [6.45, 7) is 0. The first-order valence-corrected chi connectivity index (χ1v) is 10.1. The van der Waals surface area contributed by atoms with Crippen LogP contribution in [-0.4, -0.2) is 22.2 Å². The van der Waals surface area contributed by atoms with Crippen LogP contribution in [0, 0.1) is 5.41 Å². The number of aliphatic carboxylic acids is 2. The van der Waals surface area contributed by atoms with E-state index < -0.39 is 17.4 Å². The molecule has 0 aromatic heterocycles. The van der Waals surface area contributed by atoms with Crippen molar-refractivity contribution in [3.63, 3.8) is 0 Å². The molecule has 3 aromatic carbocycles. The quantitative estimate of drug-likeness (QED) is 0.458. The lowest BCUT2D eigenvalue weighted by atomic mass is 9.74. The van der Waals surface area contributed by atoms with Gasteiger partial charge in [-0.05, 0) is 48.3 Å². The van der Waals surface area contributed by atoms with E-state index in [-0.39, 0.29) is 18.8 Å². The number of carboxylic acids is 2. The van der Waals surface area contributed by atoms with Crippen LogP contribution in [-0.2, 0) is 22.4 Å². The molecule has 4 heteroatoms. The van der Waals surface area contributed by atoms with Crippen molar-refractivity contribution < 1.29 is 19.8 Å². The Hall–Kier alpha value is -3.40. The first-order chi connectivity index (χ1) is 14.5. The lowest BCUT2D eigenvalue weighted by molar-refractivity contribution is -0.165. The summed E-state index contributed by atoms with van der Waals surface area (Å²) in [4.78, 5) is 24.4. The Bertz CT molecular complexity index is 938. The van der Waals surface area contributed by atoms with E-state index in [0.717, 1.165) is 17.5 Å². The highest BCUT2D eigenvalue weighted by Crippen LogP contribution is 2.35. The second-order valence-electron chi connectivity index (χ2n) is 7.69. The van der Waals surface area contributed by atoms with Crippen molar-refractivity contribution in [2.24, 2.45) is 5.41 Å². The predicted octanol–water partition coefficient (Wildman–Crippen LogP) is 5.19. The van der Waals surface area contributed by atoms with Crippen molar-refractivity contribution in [3.8, 4) is 0 Å². The summed E-state index contributed by atoms with van der Waals surface area (Å²) in [5, 5.41) is 19.9. The summed E-state index contributed by atoms with van der Waals surface area (Å²) >= 11 is 0. The van der Waals surface area contributed by atoms with Crippen molar-refractivity contribution in [2.75, 3.05) is 0 Å². The third-order valence-corrected chi connectivity index (χ3v) is 5.68. The smallest absolute Gasteiger partial charge is 0.321 e. The molecule has 0 fully saturated rings. The maximum Gasteiger partial charge on any atom is 0.321 e. The standard InChI is InChI=1S/C26H26O4/c27-24(28)26(25(29)30,19-21-12-6-2-7-13-21)17-16-23(22-14-8-3-9-15-22)18-20-10-4-1-5-11-20/h1-15,23H,16-19H2,(H,27,28)(H,29,30). The molecule has 0 amide bonds. The molecule has 0 saturated carbocycles. The molecule has 154 valence electrons. The van der Waals surface area contributed by atoms with Crippen LogP contribution < -0.4 is 0 Å². The van der Waals surface area contributed by atoms with Crippen LogP contribution >= 0.6 is 0 Å². The summed E-state index contributed by atoms with van der Waals surface area (Å²) in [6, 6.07) is 28.9. The molecule has 1 atom stereocenters. The number of benzene rings is 3. The third-order valence-electron chi connectivity index (χ3n) is 5.68. The van der Waals surface area contributed by atoms with E-state index >= 15 is 0 Å². The molecule has 0 aliphatic heterocycles. The number of carbonyl (C=O) groups is 2. The zero-order valence-corrected chi connectivity index (χ0v) is 16.8. The zero-order chi connectivity index (χ0) is 21.4. The number of hydrogen-bond acceptors (Lipinski definition) is 2. The molecule has 0 aliphatic carbocycles. The van der Waals surface area contributed by atoms with Crippen LogP contribution in [0.4, 0.5) is 0 Å². The van der Waals surface area contributed by atoms with Gasteiger partial charge in [0, 0.05) is 0 Å². The van der Waals surface area contributed by atoms with Gasteiger partial charge in [-0.2, -0.15) is 0 Å². The monoisotopic (exact) mass is 402 g/mol. The van der Waals surface area contributed by atoms with E-state index in [2.05, 4.69) is 0 Å². The van der Waals surface area contributed by atoms with Crippen LogP contribution in [0.3, 0.4) is 0 Å². The van der Waals surface area contributed by atoms with Gasteiger partial charge in [0.25, 0.3) is 0 Å². The van der Waals surface area contributed by atoms with E-state index in [4.69, 9.17) is 0 Å². The van der Waals surface area contributed by atoms with E-state index in [1.165, 1.54) is 0 Å². The van der Waals surface area contributed by atoms with Gasteiger partial charge in [0.15, 0.2) is 5.41 Å². The molecule has 0 saturated heterocycles. The molecule has 30 heavy (non-hydrogen) atoms. The van der Waals surface area contributed by atoms with Gasteiger partial charge >= 0.3 is 11.9 Å². The van der Waals surface area contributed by atoms with Crippen molar-refractivity contribution in [1.29, 1.82) is 0 Å². The first-order valence-electron chi connectivity index (χ1n) is 10.1. The third kappa shape index (κ3) is 5.15. The van der Waals surface area contributed by atoms with Gasteiger partial charge in [0.2, 0.25) is 0 Å². The molecule has 0 spiro atoms. The lowest BCUT2D eigenvalue weighted by Gasteiger charge is -2.28. The van der Waals surface area contributed by atoms with Crippen molar-refractivity contribution >= 4 is 11.9 Å². The van der Waals surface area contributed by atoms with Crippen molar-refractivity contribution in [3.05, 3.63) is 108 Å². The topological polar surface area (TPSA) is 74.6 Å². The van der Waals surface area contributed by atoms with Crippen LogP contribution in [0.2, 0.25) is 0 Å². The average molecular weight is 402 g/mol. The van der Waals surface area contributed by atoms with E-state index in [9.17, 15) is 19.8 Å². The largest absolute Gasteiger partial charge is 0.480 e. The molecule has 3 rings (SSSR count). The van der Waals surface area contributed by atoms with Crippen LogP contribution in [0.25, 0.3) is 0 Å². The van der Waals surface area contributed by atoms with Gasteiger partial charge in [-0.3, -0.25) is 9.59 Å². The SMILES string of the molecule is O=C(O)C(CCC(Cc1ccccc1)c1ccccc1)(Cc1ccccc1)C(=O)O. The van der Waals surface area contributed by atoms with E-state index in [0.29, 0.717) is 12.0 Å². The van der Waals surface area contributed by atoms with Gasteiger partial charge in [0.1, 0.15) is 0 Å². The fourth-order valence-corrected chi connectivity index (χ4v) is 3.92. The average Bonchev–Trinajstić information content (AvgIpc) is 2.77. The van der Waals surface area contributed by atoms with Crippen molar-refractivity contribution in [1.82, 2.24) is 0 Å². The van der Waals surface area contributed by atoms with Crippen LogP contribution in [0.15, 0.2) is 91.0 Å². The van der Waals surface area contributed by atoms with E-state index in [1.807, 2.05) is 66.7 Å². The fraction of sp³-hybridized carbons (Fsp3) is 0.231. The summed E-state index contributed by atoms with van der Waals surface area (Å²) < 4.78 is 0. The van der Waals surface area contributed by atoms with Crippen LogP contribution in [0.5, 0.6) is 0 Å². The number of rotatable bonds is 10. The highest BCUT2D eigenvalue weighted by Gasteiger charge is 2.46. The first kappa shape index (κ1) is 21.3. The minimum absolute atomic E-state index is 0.0300. The van der Waals surface area contributed by atoms with Gasteiger partial charge in [-0.25, -0.2) is 0 Å². The van der Waals surface area contributed by atoms with Crippen molar-refractivity contribution in [2.45, 2.75) is 31.6 Å². The molecular formula is C26H26O4.